The molecule has 1 aromatic rings. The number of carbonyl (C=O) groups is 2. The molecule has 0 saturated carbocycles. The second kappa shape index (κ2) is 8.13. The number of benzene rings is 1. The Balaban J connectivity index is 2.40. The van der Waals surface area contributed by atoms with Gasteiger partial charge in [0.15, 0.2) is 5.78 Å². The van der Waals surface area contributed by atoms with Gasteiger partial charge in [0.2, 0.25) is 5.91 Å². The summed E-state index contributed by atoms with van der Waals surface area (Å²) in [6.45, 7) is 2.71. The molecule has 136 valence electrons. The lowest BCUT2D eigenvalue weighted by Crippen LogP contribution is -2.30. The number of aromatic hydroxyl groups is 1. The summed E-state index contributed by atoms with van der Waals surface area (Å²) in [5.74, 6) is -0.434. The molecule has 1 amide bonds. The van der Waals surface area contributed by atoms with Crippen molar-refractivity contribution < 1.29 is 29.6 Å². The maximum absolute atomic E-state index is 11.8. The van der Waals surface area contributed by atoms with E-state index in [0.29, 0.717) is 36.1 Å². The Morgan fingerprint density at radius 3 is 2.76 bits per heavy atom. The molecule has 25 heavy (non-hydrogen) atoms. The standard InChI is InChI=1S/C18H23NO6/c1-3-14(22)10(2)6-16-15(23)5-4-11-7-12(21)8-13(18(11)25-16)19-17(24)9-20/h6-8,15-16,20-21,23H,3-5,9H2,1-2H3,(H,19,24)/t15-,16+/m0/s1. The summed E-state index contributed by atoms with van der Waals surface area (Å²) in [6.07, 6.45) is 1.14. The van der Waals surface area contributed by atoms with Crippen molar-refractivity contribution >= 4 is 17.4 Å². The molecule has 0 radical (unpaired) electrons. The zero-order chi connectivity index (χ0) is 18.6. The fourth-order valence-corrected chi connectivity index (χ4v) is 2.73. The van der Waals surface area contributed by atoms with Crippen LogP contribution in [0.1, 0.15) is 32.3 Å². The first-order valence-electron chi connectivity index (χ1n) is 8.18. The Morgan fingerprint density at radius 2 is 2.12 bits per heavy atom. The highest BCUT2D eigenvalue weighted by molar-refractivity contribution is 5.95. The van der Waals surface area contributed by atoms with Gasteiger partial charge in [0.05, 0.1) is 11.8 Å². The quantitative estimate of drug-likeness (QED) is 0.596. The Morgan fingerprint density at radius 1 is 1.40 bits per heavy atom. The van der Waals surface area contributed by atoms with Crippen molar-refractivity contribution in [1.82, 2.24) is 0 Å². The van der Waals surface area contributed by atoms with Crippen LogP contribution in [0, 0.1) is 0 Å². The summed E-state index contributed by atoms with van der Waals surface area (Å²) in [6, 6.07) is 2.82. The maximum atomic E-state index is 11.8. The molecule has 1 aliphatic heterocycles. The number of fused-ring (bicyclic) bond motifs is 1. The number of Topliss-reactive ketones (excluding diaryl/α,β-unsaturated/α-hetero) is 1. The van der Waals surface area contributed by atoms with Gasteiger partial charge in [-0.15, -0.1) is 0 Å². The normalized spacial score (nSPS) is 20.2. The molecule has 0 spiro atoms. The van der Waals surface area contributed by atoms with Crippen molar-refractivity contribution in [3.8, 4) is 11.5 Å². The Labute approximate surface area is 145 Å². The molecular formula is C18H23NO6. The monoisotopic (exact) mass is 349 g/mol. The number of ketones is 1. The van der Waals surface area contributed by atoms with Crippen LogP contribution in [-0.2, 0) is 16.0 Å². The average molecular weight is 349 g/mol. The zero-order valence-electron chi connectivity index (χ0n) is 14.3. The lowest BCUT2D eigenvalue weighted by Gasteiger charge is -2.21. The van der Waals surface area contributed by atoms with Crippen LogP contribution in [0.3, 0.4) is 0 Å². The van der Waals surface area contributed by atoms with E-state index < -0.39 is 24.7 Å². The number of aliphatic hydroxyl groups is 2. The zero-order valence-corrected chi connectivity index (χ0v) is 14.3. The van der Waals surface area contributed by atoms with E-state index >= 15 is 0 Å². The maximum Gasteiger partial charge on any atom is 0.250 e. The fraction of sp³-hybridized carbons (Fsp3) is 0.444. The third-order valence-electron chi connectivity index (χ3n) is 4.09. The van der Waals surface area contributed by atoms with Gasteiger partial charge in [0.1, 0.15) is 24.2 Å². The van der Waals surface area contributed by atoms with Gasteiger partial charge in [-0.3, -0.25) is 9.59 Å². The number of aryl methyl sites for hydroxylation is 1. The number of phenols is 1. The van der Waals surface area contributed by atoms with Gasteiger partial charge < -0.3 is 25.4 Å². The lowest BCUT2D eigenvalue weighted by atomic mass is 10.0. The highest BCUT2D eigenvalue weighted by Crippen LogP contribution is 2.38. The first-order valence-corrected chi connectivity index (χ1v) is 8.18. The lowest BCUT2D eigenvalue weighted by molar-refractivity contribution is -0.118. The summed E-state index contributed by atoms with van der Waals surface area (Å²) in [7, 11) is 0. The molecule has 4 N–H and O–H groups in total. The topological polar surface area (TPSA) is 116 Å². The van der Waals surface area contributed by atoms with Crippen LogP contribution in [0.5, 0.6) is 11.5 Å². The molecule has 0 aliphatic carbocycles. The molecule has 7 heteroatoms. The van der Waals surface area contributed by atoms with Crippen molar-refractivity contribution in [2.45, 2.75) is 45.3 Å². The number of rotatable bonds is 5. The summed E-state index contributed by atoms with van der Waals surface area (Å²) < 4.78 is 5.88. The van der Waals surface area contributed by atoms with E-state index in [1.54, 1.807) is 19.9 Å². The number of aliphatic hydroxyl groups excluding tert-OH is 2. The van der Waals surface area contributed by atoms with Gasteiger partial charge in [-0.25, -0.2) is 0 Å². The molecular weight excluding hydrogens is 326 g/mol. The van der Waals surface area contributed by atoms with Crippen LogP contribution in [0.4, 0.5) is 5.69 Å². The predicted molar refractivity (Wildman–Crippen MR) is 91.6 cm³/mol. The van der Waals surface area contributed by atoms with Crippen molar-refractivity contribution in [3.63, 3.8) is 0 Å². The second-order valence-electron chi connectivity index (χ2n) is 6.00. The third kappa shape index (κ3) is 4.58. The van der Waals surface area contributed by atoms with Gasteiger partial charge in [-0.1, -0.05) is 6.92 Å². The Hall–Kier alpha value is -2.38. The number of hydrogen-bond donors (Lipinski definition) is 4. The first kappa shape index (κ1) is 19.0. The number of carbonyl (C=O) groups excluding carboxylic acids is 2. The molecule has 7 nitrogen and oxygen atoms in total. The summed E-state index contributed by atoms with van der Waals surface area (Å²) >= 11 is 0. The number of hydrogen-bond acceptors (Lipinski definition) is 6. The third-order valence-corrected chi connectivity index (χ3v) is 4.09. The molecule has 1 aliphatic rings. The number of allylic oxidation sites excluding steroid dienone is 1. The Bertz CT molecular complexity index is 697. The van der Waals surface area contributed by atoms with Crippen LogP contribution >= 0.6 is 0 Å². The minimum absolute atomic E-state index is 0.0419. The number of phenolic OH excluding ortho intramolecular Hbond substituents is 1. The molecule has 0 fully saturated rings. The highest BCUT2D eigenvalue weighted by Gasteiger charge is 2.27. The second-order valence-corrected chi connectivity index (χ2v) is 6.00. The van der Waals surface area contributed by atoms with E-state index in [1.807, 2.05) is 0 Å². The number of amides is 1. The van der Waals surface area contributed by atoms with Gasteiger partial charge >= 0.3 is 0 Å². The van der Waals surface area contributed by atoms with Crippen LogP contribution < -0.4 is 10.1 Å². The Kier molecular flexibility index (Phi) is 6.17. The molecule has 0 aromatic heterocycles. The molecule has 0 saturated heterocycles. The van der Waals surface area contributed by atoms with Crippen LogP contribution in [0.25, 0.3) is 0 Å². The SMILES string of the molecule is CCC(=O)C(C)=C[C@H]1Oc2c(cc(O)cc2NC(=O)CO)CC[C@@H]1O. The van der Waals surface area contributed by atoms with E-state index in [-0.39, 0.29) is 17.2 Å². The van der Waals surface area contributed by atoms with E-state index in [0.717, 1.165) is 0 Å². The van der Waals surface area contributed by atoms with Gasteiger partial charge in [-0.2, -0.15) is 0 Å². The van der Waals surface area contributed by atoms with E-state index in [2.05, 4.69) is 5.32 Å². The fourth-order valence-electron chi connectivity index (χ4n) is 2.73. The molecule has 0 bridgehead atoms. The van der Waals surface area contributed by atoms with E-state index in [9.17, 15) is 19.8 Å². The van der Waals surface area contributed by atoms with Gasteiger partial charge in [0.25, 0.3) is 0 Å². The molecule has 1 heterocycles. The molecule has 2 rings (SSSR count). The van der Waals surface area contributed by atoms with Crippen molar-refractivity contribution in [2.24, 2.45) is 0 Å². The smallest absolute Gasteiger partial charge is 0.250 e. The van der Waals surface area contributed by atoms with E-state index in [1.165, 1.54) is 12.1 Å². The number of nitrogens with one attached hydrogen (secondary N) is 1. The van der Waals surface area contributed by atoms with E-state index in [4.69, 9.17) is 9.84 Å². The largest absolute Gasteiger partial charge is 0.508 e. The molecule has 1 aromatic carbocycles. The molecule has 2 atom stereocenters. The van der Waals surface area contributed by atoms with Crippen molar-refractivity contribution in [1.29, 1.82) is 0 Å². The van der Waals surface area contributed by atoms with Gasteiger partial charge in [0, 0.05) is 18.1 Å². The highest BCUT2D eigenvalue weighted by atomic mass is 16.5. The van der Waals surface area contributed by atoms with Crippen LogP contribution in [0.2, 0.25) is 0 Å². The number of ether oxygens (including phenoxy) is 1. The first-order chi connectivity index (χ1) is 11.8. The predicted octanol–water partition coefficient (Wildman–Crippen LogP) is 1.30. The minimum Gasteiger partial charge on any atom is -0.508 e. The molecule has 0 unspecified atom stereocenters. The number of anilines is 1. The van der Waals surface area contributed by atoms with Crippen LogP contribution in [-0.4, -0.2) is 45.8 Å². The summed E-state index contributed by atoms with van der Waals surface area (Å²) in [5.41, 5.74) is 1.33. The summed E-state index contributed by atoms with van der Waals surface area (Å²) in [4.78, 5) is 23.3. The van der Waals surface area contributed by atoms with Crippen molar-refractivity contribution in [2.75, 3.05) is 11.9 Å². The van der Waals surface area contributed by atoms with Crippen molar-refractivity contribution in [3.05, 3.63) is 29.3 Å². The summed E-state index contributed by atoms with van der Waals surface area (Å²) in [5, 5.41) is 31.6. The van der Waals surface area contributed by atoms with Gasteiger partial charge in [-0.05, 0) is 37.5 Å². The average Bonchev–Trinajstić information content (AvgIpc) is 2.74. The minimum atomic E-state index is -0.837. The van der Waals surface area contributed by atoms with Crippen LogP contribution in [0.15, 0.2) is 23.8 Å².